The van der Waals surface area contributed by atoms with Crippen molar-refractivity contribution >= 4 is 33.4 Å². The Hall–Kier alpha value is -2.34. The molecule has 0 heterocycles. The summed E-state index contributed by atoms with van der Waals surface area (Å²) >= 11 is 3.36. The van der Waals surface area contributed by atoms with E-state index < -0.39 is 0 Å². The molecule has 0 atom stereocenters. The topological polar surface area (TPSA) is 67.4 Å². The number of hydrogen-bond donors (Lipinski definition) is 2. The number of benzene rings is 2. The van der Waals surface area contributed by atoms with E-state index in [-0.39, 0.29) is 24.8 Å². The first-order chi connectivity index (χ1) is 11.1. The molecule has 0 bridgehead atoms. The van der Waals surface area contributed by atoms with E-state index in [0.29, 0.717) is 11.4 Å². The molecule has 0 aliphatic rings. The standard InChI is InChI=1S/C17H17BrN2O3/c1-23-15-7-3-6-14(10-15)20-17(22)11-19-16(21)9-12-4-2-5-13(18)8-12/h2-8,10H,9,11H2,1H3,(H,19,21)(H,20,22). The van der Waals surface area contributed by atoms with Crippen molar-refractivity contribution in [1.29, 1.82) is 0 Å². The maximum atomic E-state index is 11.9. The van der Waals surface area contributed by atoms with Crippen LogP contribution in [0.25, 0.3) is 0 Å². The van der Waals surface area contributed by atoms with Gasteiger partial charge >= 0.3 is 0 Å². The molecule has 0 fully saturated rings. The molecule has 2 amide bonds. The van der Waals surface area contributed by atoms with Gasteiger partial charge in [0.25, 0.3) is 0 Å². The molecule has 0 unspecified atom stereocenters. The molecule has 2 rings (SSSR count). The summed E-state index contributed by atoms with van der Waals surface area (Å²) in [5.74, 6) is 0.159. The lowest BCUT2D eigenvalue weighted by atomic mass is 10.1. The van der Waals surface area contributed by atoms with Crippen LogP contribution in [0.1, 0.15) is 5.56 Å². The maximum Gasteiger partial charge on any atom is 0.243 e. The van der Waals surface area contributed by atoms with Crippen LogP contribution in [-0.4, -0.2) is 25.5 Å². The van der Waals surface area contributed by atoms with Gasteiger partial charge in [0.05, 0.1) is 20.1 Å². The van der Waals surface area contributed by atoms with Gasteiger partial charge in [0.1, 0.15) is 5.75 Å². The van der Waals surface area contributed by atoms with Crippen molar-refractivity contribution in [2.75, 3.05) is 19.0 Å². The van der Waals surface area contributed by atoms with E-state index in [1.165, 1.54) is 0 Å². The Kier molecular flexibility index (Phi) is 6.17. The SMILES string of the molecule is COc1cccc(NC(=O)CNC(=O)Cc2cccc(Br)c2)c1. The van der Waals surface area contributed by atoms with E-state index in [0.717, 1.165) is 10.0 Å². The highest BCUT2D eigenvalue weighted by Gasteiger charge is 2.07. The molecule has 0 saturated heterocycles. The van der Waals surface area contributed by atoms with E-state index in [1.54, 1.807) is 31.4 Å². The summed E-state index contributed by atoms with van der Waals surface area (Å²) < 4.78 is 6.00. The van der Waals surface area contributed by atoms with Gasteiger partial charge in [-0.3, -0.25) is 9.59 Å². The fraction of sp³-hybridized carbons (Fsp3) is 0.176. The second-order valence-electron chi connectivity index (χ2n) is 4.86. The maximum absolute atomic E-state index is 11.9. The average molecular weight is 377 g/mol. The van der Waals surface area contributed by atoms with Crippen LogP contribution in [0.4, 0.5) is 5.69 Å². The Morgan fingerprint density at radius 1 is 1.09 bits per heavy atom. The Labute approximate surface area is 143 Å². The highest BCUT2D eigenvalue weighted by Crippen LogP contribution is 2.16. The fourth-order valence-corrected chi connectivity index (χ4v) is 2.43. The third kappa shape index (κ3) is 5.75. The van der Waals surface area contributed by atoms with Gasteiger partial charge in [-0.05, 0) is 29.8 Å². The number of carbonyl (C=O) groups is 2. The number of carbonyl (C=O) groups excluding carboxylic acids is 2. The molecule has 0 aliphatic carbocycles. The van der Waals surface area contributed by atoms with Crippen LogP contribution in [0, 0.1) is 0 Å². The zero-order chi connectivity index (χ0) is 16.7. The molecule has 5 nitrogen and oxygen atoms in total. The normalized spacial score (nSPS) is 10.0. The summed E-state index contributed by atoms with van der Waals surface area (Å²) in [6, 6.07) is 14.5. The molecule has 2 aromatic rings. The van der Waals surface area contributed by atoms with Gasteiger partial charge in [-0.15, -0.1) is 0 Å². The van der Waals surface area contributed by atoms with Gasteiger partial charge < -0.3 is 15.4 Å². The number of methoxy groups -OCH3 is 1. The van der Waals surface area contributed by atoms with E-state index in [4.69, 9.17) is 4.74 Å². The molecule has 2 aromatic carbocycles. The van der Waals surface area contributed by atoms with Crippen molar-refractivity contribution in [1.82, 2.24) is 5.32 Å². The second kappa shape index (κ2) is 8.33. The zero-order valence-electron chi connectivity index (χ0n) is 12.6. The number of halogens is 1. The van der Waals surface area contributed by atoms with Crippen LogP contribution in [0.15, 0.2) is 53.0 Å². The monoisotopic (exact) mass is 376 g/mol. The summed E-state index contributed by atoms with van der Waals surface area (Å²) in [4.78, 5) is 23.7. The van der Waals surface area contributed by atoms with Crippen LogP contribution in [0.2, 0.25) is 0 Å². The van der Waals surface area contributed by atoms with E-state index in [9.17, 15) is 9.59 Å². The Morgan fingerprint density at radius 2 is 1.87 bits per heavy atom. The molecule has 0 aliphatic heterocycles. The first-order valence-electron chi connectivity index (χ1n) is 7.02. The molecule has 0 radical (unpaired) electrons. The van der Waals surface area contributed by atoms with Gasteiger partial charge in [-0.25, -0.2) is 0 Å². The van der Waals surface area contributed by atoms with Crippen LogP contribution in [-0.2, 0) is 16.0 Å². The number of hydrogen-bond acceptors (Lipinski definition) is 3. The molecule has 2 N–H and O–H groups in total. The summed E-state index contributed by atoms with van der Waals surface area (Å²) in [5.41, 5.74) is 1.50. The van der Waals surface area contributed by atoms with Crippen molar-refractivity contribution in [3.05, 3.63) is 58.6 Å². The second-order valence-corrected chi connectivity index (χ2v) is 5.78. The minimum Gasteiger partial charge on any atom is -0.497 e. The summed E-state index contributed by atoms with van der Waals surface area (Å²) in [6.07, 6.45) is 0.228. The van der Waals surface area contributed by atoms with E-state index >= 15 is 0 Å². The van der Waals surface area contributed by atoms with Crippen LogP contribution < -0.4 is 15.4 Å². The quantitative estimate of drug-likeness (QED) is 0.814. The molecule has 120 valence electrons. The van der Waals surface area contributed by atoms with Gasteiger partial charge in [-0.2, -0.15) is 0 Å². The third-order valence-electron chi connectivity index (χ3n) is 3.05. The molecule has 23 heavy (non-hydrogen) atoms. The Balaban J connectivity index is 1.80. The van der Waals surface area contributed by atoms with Crippen molar-refractivity contribution in [2.45, 2.75) is 6.42 Å². The summed E-state index contributed by atoms with van der Waals surface area (Å²) in [7, 11) is 1.56. The van der Waals surface area contributed by atoms with E-state index in [2.05, 4.69) is 26.6 Å². The number of ether oxygens (including phenoxy) is 1. The number of rotatable bonds is 6. The molecule has 6 heteroatoms. The molecular weight excluding hydrogens is 360 g/mol. The first-order valence-corrected chi connectivity index (χ1v) is 7.81. The van der Waals surface area contributed by atoms with Crippen molar-refractivity contribution in [3.63, 3.8) is 0 Å². The highest BCUT2D eigenvalue weighted by molar-refractivity contribution is 9.10. The molecule has 0 saturated carbocycles. The number of anilines is 1. The average Bonchev–Trinajstić information content (AvgIpc) is 2.53. The Bertz CT molecular complexity index is 704. The summed E-state index contributed by atoms with van der Waals surface area (Å²) in [5, 5.41) is 5.31. The fourth-order valence-electron chi connectivity index (χ4n) is 1.98. The van der Waals surface area contributed by atoms with Crippen molar-refractivity contribution < 1.29 is 14.3 Å². The lowest BCUT2D eigenvalue weighted by Crippen LogP contribution is -2.33. The first kappa shape index (κ1) is 17.0. The van der Waals surface area contributed by atoms with Crippen LogP contribution >= 0.6 is 15.9 Å². The minimum atomic E-state index is -0.291. The minimum absolute atomic E-state index is 0.0793. The predicted octanol–water partition coefficient (Wildman–Crippen LogP) is 2.76. The van der Waals surface area contributed by atoms with Crippen LogP contribution in [0.5, 0.6) is 5.75 Å². The smallest absolute Gasteiger partial charge is 0.243 e. The lowest BCUT2D eigenvalue weighted by Gasteiger charge is -2.08. The van der Waals surface area contributed by atoms with Crippen molar-refractivity contribution in [3.8, 4) is 5.75 Å². The zero-order valence-corrected chi connectivity index (χ0v) is 14.2. The molecule has 0 aromatic heterocycles. The number of amides is 2. The van der Waals surface area contributed by atoms with Gasteiger partial charge in [0, 0.05) is 16.2 Å². The number of nitrogens with one attached hydrogen (secondary N) is 2. The van der Waals surface area contributed by atoms with Gasteiger partial charge in [0.15, 0.2) is 0 Å². The molecular formula is C17H17BrN2O3. The lowest BCUT2D eigenvalue weighted by molar-refractivity contribution is -0.123. The Morgan fingerprint density at radius 3 is 2.61 bits per heavy atom. The van der Waals surface area contributed by atoms with Crippen LogP contribution in [0.3, 0.4) is 0 Å². The van der Waals surface area contributed by atoms with Gasteiger partial charge in [0.2, 0.25) is 11.8 Å². The molecule has 0 spiro atoms. The summed E-state index contributed by atoms with van der Waals surface area (Å²) in [6.45, 7) is -0.0793. The largest absolute Gasteiger partial charge is 0.497 e. The third-order valence-corrected chi connectivity index (χ3v) is 3.55. The highest BCUT2D eigenvalue weighted by atomic mass is 79.9. The van der Waals surface area contributed by atoms with Crippen molar-refractivity contribution in [2.24, 2.45) is 0 Å². The van der Waals surface area contributed by atoms with E-state index in [1.807, 2.05) is 24.3 Å². The van der Waals surface area contributed by atoms with Gasteiger partial charge in [-0.1, -0.05) is 34.1 Å². The predicted molar refractivity (Wildman–Crippen MR) is 92.5 cm³/mol.